The Morgan fingerprint density at radius 3 is 2.72 bits per heavy atom. The Kier molecular flexibility index (Phi) is 5.60. The highest BCUT2D eigenvalue weighted by Crippen LogP contribution is 2.20. The number of rotatable bonds is 4. The van der Waals surface area contributed by atoms with Gasteiger partial charge in [0.2, 0.25) is 5.91 Å². The molecule has 0 aliphatic carbocycles. The van der Waals surface area contributed by atoms with Gasteiger partial charge in [-0.15, -0.1) is 0 Å². The van der Waals surface area contributed by atoms with E-state index in [1.54, 1.807) is 0 Å². The lowest BCUT2D eigenvalue weighted by Gasteiger charge is -2.28. The molecule has 0 spiro atoms. The first-order valence-corrected chi connectivity index (χ1v) is 6.97. The van der Waals surface area contributed by atoms with E-state index in [1.165, 1.54) is 0 Å². The average Bonchev–Trinajstić information content (AvgIpc) is 2.23. The van der Waals surface area contributed by atoms with Crippen LogP contribution in [0.4, 0.5) is 0 Å². The highest BCUT2D eigenvalue weighted by Gasteiger charge is 2.25. The van der Waals surface area contributed by atoms with Crippen LogP contribution in [-0.2, 0) is 4.79 Å². The van der Waals surface area contributed by atoms with Crippen LogP contribution in [0, 0.1) is 11.3 Å². The fraction of sp³-hybridized carbons (Fsp3) is 0.929. The molecule has 106 valence electrons. The third kappa shape index (κ3) is 5.83. The second kappa shape index (κ2) is 6.53. The minimum Gasteiger partial charge on any atom is -0.391 e. The van der Waals surface area contributed by atoms with Crippen LogP contribution < -0.4 is 10.6 Å². The molecule has 3 atom stereocenters. The standard InChI is InChI=1S/C14H28N2O2/c1-10-5-6-15-12(7-10)13(18)16-9-11(17)8-14(2,3)4/h10-12,15,17H,5-9H2,1-4H3,(H,16,18). The Labute approximate surface area is 111 Å². The molecule has 0 aromatic heterocycles. The molecule has 1 heterocycles. The summed E-state index contributed by atoms with van der Waals surface area (Å²) in [5.74, 6) is 0.621. The first-order valence-electron chi connectivity index (χ1n) is 6.97. The lowest BCUT2D eigenvalue weighted by Crippen LogP contribution is -2.49. The van der Waals surface area contributed by atoms with Gasteiger partial charge in [0.05, 0.1) is 12.1 Å². The van der Waals surface area contributed by atoms with E-state index in [1.807, 2.05) is 0 Å². The third-order valence-corrected chi connectivity index (χ3v) is 3.34. The van der Waals surface area contributed by atoms with Crippen LogP contribution in [0.2, 0.25) is 0 Å². The van der Waals surface area contributed by atoms with Crippen molar-refractivity contribution in [3.8, 4) is 0 Å². The number of carbonyl (C=O) groups is 1. The molecule has 4 nitrogen and oxygen atoms in total. The first kappa shape index (κ1) is 15.4. The smallest absolute Gasteiger partial charge is 0.237 e. The van der Waals surface area contributed by atoms with E-state index in [9.17, 15) is 9.90 Å². The largest absolute Gasteiger partial charge is 0.391 e. The van der Waals surface area contributed by atoms with Crippen molar-refractivity contribution in [2.24, 2.45) is 11.3 Å². The van der Waals surface area contributed by atoms with E-state index < -0.39 is 6.10 Å². The Balaban J connectivity index is 2.28. The number of piperidine rings is 1. The monoisotopic (exact) mass is 256 g/mol. The molecule has 3 N–H and O–H groups in total. The summed E-state index contributed by atoms with van der Waals surface area (Å²) >= 11 is 0. The second-order valence-corrected chi connectivity index (χ2v) is 6.80. The predicted octanol–water partition coefficient (Wildman–Crippen LogP) is 1.29. The van der Waals surface area contributed by atoms with Crippen molar-refractivity contribution in [2.75, 3.05) is 13.1 Å². The highest BCUT2D eigenvalue weighted by atomic mass is 16.3. The molecule has 3 unspecified atom stereocenters. The molecular weight excluding hydrogens is 228 g/mol. The van der Waals surface area contributed by atoms with Crippen LogP contribution in [0.15, 0.2) is 0 Å². The molecule has 0 saturated carbocycles. The number of hydrogen-bond donors (Lipinski definition) is 3. The van der Waals surface area contributed by atoms with Gasteiger partial charge >= 0.3 is 0 Å². The van der Waals surface area contributed by atoms with Crippen LogP contribution in [0.25, 0.3) is 0 Å². The number of carbonyl (C=O) groups excluding carboxylic acids is 1. The first-order chi connectivity index (χ1) is 8.28. The molecule has 1 fully saturated rings. The zero-order valence-electron chi connectivity index (χ0n) is 12.1. The van der Waals surface area contributed by atoms with Gasteiger partial charge < -0.3 is 15.7 Å². The fourth-order valence-corrected chi connectivity index (χ4v) is 2.43. The van der Waals surface area contributed by atoms with Gasteiger partial charge in [0.15, 0.2) is 0 Å². The van der Waals surface area contributed by atoms with Crippen molar-refractivity contribution in [3.05, 3.63) is 0 Å². The van der Waals surface area contributed by atoms with E-state index in [2.05, 4.69) is 38.3 Å². The molecule has 4 heteroatoms. The van der Waals surface area contributed by atoms with Crippen molar-refractivity contribution < 1.29 is 9.90 Å². The van der Waals surface area contributed by atoms with Crippen LogP contribution in [-0.4, -0.2) is 36.2 Å². The van der Waals surface area contributed by atoms with Gasteiger partial charge in [-0.1, -0.05) is 27.7 Å². The van der Waals surface area contributed by atoms with Gasteiger partial charge in [-0.3, -0.25) is 4.79 Å². The molecule has 0 radical (unpaired) electrons. The van der Waals surface area contributed by atoms with E-state index >= 15 is 0 Å². The van der Waals surface area contributed by atoms with E-state index in [0.717, 1.165) is 19.4 Å². The summed E-state index contributed by atoms with van der Waals surface area (Å²) in [6, 6.07) is -0.0874. The van der Waals surface area contributed by atoms with Gasteiger partial charge in [0.1, 0.15) is 0 Å². The summed E-state index contributed by atoms with van der Waals surface area (Å²) in [7, 11) is 0. The molecule has 1 aliphatic rings. The van der Waals surface area contributed by atoms with Gasteiger partial charge in [0, 0.05) is 6.54 Å². The summed E-state index contributed by atoms with van der Waals surface area (Å²) < 4.78 is 0. The quantitative estimate of drug-likeness (QED) is 0.710. The minimum atomic E-state index is -0.463. The van der Waals surface area contributed by atoms with Crippen LogP contribution in [0.1, 0.15) is 47.0 Å². The molecular formula is C14H28N2O2. The van der Waals surface area contributed by atoms with Gasteiger partial charge in [-0.2, -0.15) is 0 Å². The number of aliphatic hydroxyl groups excluding tert-OH is 1. The summed E-state index contributed by atoms with van der Waals surface area (Å²) in [6.45, 7) is 9.69. The molecule has 1 rings (SSSR count). The van der Waals surface area contributed by atoms with Crippen molar-refractivity contribution in [2.45, 2.75) is 59.1 Å². The van der Waals surface area contributed by atoms with Crippen LogP contribution >= 0.6 is 0 Å². The van der Waals surface area contributed by atoms with E-state index in [4.69, 9.17) is 0 Å². The lowest BCUT2D eigenvalue weighted by atomic mass is 9.89. The topological polar surface area (TPSA) is 61.4 Å². The van der Waals surface area contributed by atoms with Gasteiger partial charge in [-0.25, -0.2) is 0 Å². The van der Waals surface area contributed by atoms with Gasteiger partial charge in [-0.05, 0) is 37.1 Å². The molecule has 0 aromatic carbocycles. The molecule has 0 aromatic rings. The summed E-state index contributed by atoms with van der Waals surface area (Å²) in [6.07, 6.45) is 2.26. The summed E-state index contributed by atoms with van der Waals surface area (Å²) in [4.78, 5) is 11.9. The predicted molar refractivity (Wildman–Crippen MR) is 73.3 cm³/mol. The average molecular weight is 256 g/mol. The zero-order chi connectivity index (χ0) is 13.8. The third-order valence-electron chi connectivity index (χ3n) is 3.34. The molecule has 1 amide bonds. The maximum absolute atomic E-state index is 11.9. The highest BCUT2D eigenvalue weighted by molar-refractivity contribution is 5.81. The van der Waals surface area contributed by atoms with E-state index in [0.29, 0.717) is 18.9 Å². The maximum atomic E-state index is 11.9. The van der Waals surface area contributed by atoms with E-state index in [-0.39, 0.29) is 17.4 Å². The number of amides is 1. The Morgan fingerprint density at radius 2 is 2.17 bits per heavy atom. The SMILES string of the molecule is CC1CCNC(C(=O)NCC(O)CC(C)(C)C)C1. The van der Waals surface area contributed by atoms with Crippen molar-refractivity contribution in [3.63, 3.8) is 0 Å². The zero-order valence-corrected chi connectivity index (χ0v) is 12.1. The molecule has 1 saturated heterocycles. The number of aliphatic hydroxyl groups is 1. The number of hydrogen-bond acceptors (Lipinski definition) is 3. The lowest BCUT2D eigenvalue weighted by molar-refractivity contribution is -0.124. The van der Waals surface area contributed by atoms with Gasteiger partial charge in [0.25, 0.3) is 0 Å². The fourth-order valence-electron chi connectivity index (χ4n) is 2.43. The molecule has 1 aliphatic heterocycles. The maximum Gasteiger partial charge on any atom is 0.237 e. The Hall–Kier alpha value is -0.610. The summed E-state index contributed by atoms with van der Waals surface area (Å²) in [5, 5.41) is 15.9. The Bertz CT molecular complexity index is 273. The summed E-state index contributed by atoms with van der Waals surface area (Å²) in [5.41, 5.74) is 0.0851. The van der Waals surface area contributed by atoms with Crippen LogP contribution in [0.3, 0.4) is 0 Å². The molecule has 0 bridgehead atoms. The van der Waals surface area contributed by atoms with Crippen molar-refractivity contribution >= 4 is 5.91 Å². The normalized spacial score (nSPS) is 26.7. The second-order valence-electron chi connectivity index (χ2n) is 6.80. The Morgan fingerprint density at radius 1 is 1.50 bits per heavy atom. The van der Waals surface area contributed by atoms with Crippen molar-refractivity contribution in [1.29, 1.82) is 0 Å². The minimum absolute atomic E-state index is 0.0227. The van der Waals surface area contributed by atoms with Crippen LogP contribution in [0.5, 0.6) is 0 Å². The van der Waals surface area contributed by atoms with Crippen molar-refractivity contribution in [1.82, 2.24) is 10.6 Å². The number of nitrogens with one attached hydrogen (secondary N) is 2. The molecule has 18 heavy (non-hydrogen) atoms.